The van der Waals surface area contributed by atoms with E-state index in [0.29, 0.717) is 25.1 Å². The van der Waals surface area contributed by atoms with Gasteiger partial charge in [0, 0.05) is 38.4 Å². The van der Waals surface area contributed by atoms with Crippen molar-refractivity contribution in [3.8, 4) is 0 Å². The summed E-state index contributed by atoms with van der Waals surface area (Å²) < 4.78 is 0. The summed E-state index contributed by atoms with van der Waals surface area (Å²) in [5.41, 5.74) is 1.66. The Morgan fingerprint density at radius 1 is 1.22 bits per heavy atom. The van der Waals surface area contributed by atoms with Gasteiger partial charge in [0.25, 0.3) is 11.1 Å². The summed E-state index contributed by atoms with van der Waals surface area (Å²) in [6.45, 7) is 0.993. The van der Waals surface area contributed by atoms with Crippen molar-refractivity contribution in [1.82, 2.24) is 9.80 Å². The highest BCUT2D eigenvalue weighted by Gasteiger charge is 2.40. The Hall–Kier alpha value is -2.02. The molecule has 0 aliphatic carbocycles. The molecule has 2 aliphatic rings. The zero-order valence-corrected chi connectivity index (χ0v) is 14.0. The number of rotatable bonds is 3. The van der Waals surface area contributed by atoms with Crippen molar-refractivity contribution in [2.24, 2.45) is 0 Å². The van der Waals surface area contributed by atoms with Crippen LogP contribution < -0.4 is 4.90 Å². The maximum Gasteiger partial charge on any atom is 0.289 e. The summed E-state index contributed by atoms with van der Waals surface area (Å²) in [5.74, 6) is 0.0223. The highest BCUT2D eigenvalue weighted by Crippen LogP contribution is 2.27. The lowest BCUT2D eigenvalue weighted by atomic mass is 10.2. The topological polar surface area (TPSA) is 60.9 Å². The van der Waals surface area contributed by atoms with Crippen LogP contribution in [0.15, 0.2) is 24.3 Å². The molecule has 0 saturated carbocycles. The normalized spacial score (nSPS) is 21.2. The molecule has 1 aromatic carbocycles. The van der Waals surface area contributed by atoms with Crippen molar-refractivity contribution in [3.05, 3.63) is 29.8 Å². The maximum atomic E-state index is 12.6. The van der Waals surface area contributed by atoms with Crippen LogP contribution in [0.25, 0.3) is 0 Å². The second kappa shape index (κ2) is 6.23. The van der Waals surface area contributed by atoms with Crippen LogP contribution in [0.5, 0.6) is 0 Å². The summed E-state index contributed by atoms with van der Waals surface area (Å²) in [4.78, 5) is 41.2. The molecule has 2 heterocycles. The first-order valence-electron chi connectivity index (χ1n) is 7.53. The molecule has 2 aliphatic heterocycles. The molecule has 2 saturated heterocycles. The Kier molecular flexibility index (Phi) is 4.30. The molecule has 3 amide bonds. The maximum absolute atomic E-state index is 12.6. The summed E-state index contributed by atoms with van der Waals surface area (Å²) >= 11 is 1.04. The van der Waals surface area contributed by atoms with Crippen molar-refractivity contribution in [3.63, 3.8) is 0 Å². The van der Waals surface area contributed by atoms with Crippen LogP contribution in [-0.4, -0.2) is 65.8 Å². The molecule has 1 aromatic rings. The standard InChI is InChI=1S/C16H19N3O3S/c1-17(2)12-5-3-11(4-6-12)15(21)18-8-7-13(9-18)19-14(20)10-23-16(19)22/h3-6,13H,7-10H2,1-2H3. The molecule has 122 valence electrons. The average Bonchev–Trinajstić information content (AvgIpc) is 3.13. The number of imide groups is 1. The van der Waals surface area contributed by atoms with Gasteiger partial charge in [-0.05, 0) is 30.7 Å². The van der Waals surface area contributed by atoms with E-state index in [1.54, 1.807) is 4.90 Å². The van der Waals surface area contributed by atoms with Crippen molar-refractivity contribution >= 4 is 34.5 Å². The van der Waals surface area contributed by atoms with Gasteiger partial charge in [-0.3, -0.25) is 19.3 Å². The number of anilines is 1. The van der Waals surface area contributed by atoms with Gasteiger partial charge < -0.3 is 9.80 Å². The Bertz CT molecular complexity index is 628. The Labute approximate surface area is 139 Å². The Morgan fingerprint density at radius 3 is 2.48 bits per heavy atom. The first-order valence-corrected chi connectivity index (χ1v) is 8.51. The number of hydrogen-bond acceptors (Lipinski definition) is 5. The van der Waals surface area contributed by atoms with Crippen LogP contribution >= 0.6 is 11.8 Å². The van der Waals surface area contributed by atoms with Crippen LogP contribution in [0.4, 0.5) is 10.5 Å². The number of likely N-dealkylation sites (tertiary alicyclic amines) is 1. The van der Waals surface area contributed by atoms with Crippen molar-refractivity contribution in [1.29, 1.82) is 0 Å². The molecule has 1 atom stereocenters. The van der Waals surface area contributed by atoms with Gasteiger partial charge >= 0.3 is 0 Å². The van der Waals surface area contributed by atoms with Gasteiger partial charge in [-0.1, -0.05) is 11.8 Å². The van der Waals surface area contributed by atoms with Gasteiger partial charge in [0.2, 0.25) is 5.91 Å². The largest absolute Gasteiger partial charge is 0.378 e. The SMILES string of the molecule is CN(C)c1ccc(C(=O)N2CCC(N3C(=O)CSC3=O)C2)cc1. The third-order valence-electron chi connectivity index (χ3n) is 4.23. The van der Waals surface area contributed by atoms with E-state index in [1.807, 2.05) is 43.3 Å². The minimum Gasteiger partial charge on any atom is -0.378 e. The lowest BCUT2D eigenvalue weighted by molar-refractivity contribution is -0.126. The summed E-state index contributed by atoms with van der Waals surface area (Å²) in [6, 6.07) is 7.26. The fraction of sp³-hybridized carbons (Fsp3) is 0.438. The molecule has 23 heavy (non-hydrogen) atoms. The first kappa shape index (κ1) is 15.9. The minimum absolute atomic E-state index is 0.0513. The van der Waals surface area contributed by atoms with Crippen LogP contribution in [0, 0.1) is 0 Å². The molecule has 0 radical (unpaired) electrons. The van der Waals surface area contributed by atoms with E-state index in [9.17, 15) is 14.4 Å². The number of thioether (sulfide) groups is 1. The van der Waals surface area contributed by atoms with Crippen molar-refractivity contribution < 1.29 is 14.4 Å². The van der Waals surface area contributed by atoms with Gasteiger partial charge in [0.15, 0.2) is 0 Å². The van der Waals surface area contributed by atoms with E-state index in [2.05, 4.69) is 0 Å². The number of carbonyl (C=O) groups excluding carboxylic acids is 3. The zero-order valence-electron chi connectivity index (χ0n) is 13.2. The van der Waals surface area contributed by atoms with Gasteiger partial charge in [-0.15, -0.1) is 0 Å². The predicted octanol–water partition coefficient (Wildman–Crippen LogP) is 1.66. The fourth-order valence-corrected chi connectivity index (χ4v) is 3.71. The smallest absolute Gasteiger partial charge is 0.289 e. The highest BCUT2D eigenvalue weighted by atomic mass is 32.2. The Balaban J connectivity index is 1.67. The minimum atomic E-state index is -0.190. The molecule has 1 unspecified atom stereocenters. The fourth-order valence-electron chi connectivity index (χ4n) is 2.94. The van der Waals surface area contributed by atoms with Crippen LogP contribution in [-0.2, 0) is 4.79 Å². The number of amides is 3. The third-order valence-corrected chi connectivity index (χ3v) is 5.07. The van der Waals surface area contributed by atoms with Gasteiger partial charge in [-0.2, -0.15) is 0 Å². The molecule has 0 spiro atoms. The van der Waals surface area contributed by atoms with E-state index in [4.69, 9.17) is 0 Å². The van der Waals surface area contributed by atoms with E-state index in [0.717, 1.165) is 17.4 Å². The molecule has 7 heteroatoms. The molecule has 3 rings (SSSR count). The molecular weight excluding hydrogens is 314 g/mol. The highest BCUT2D eigenvalue weighted by molar-refractivity contribution is 8.14. The predicted molar refractivity (Wildman–Crippen MR) is 89.8 cm³/mol. The quantitative estimate of drug-likeness (QED) is 0.842. The molecule has 2 fully saturated rings. The third kappa shape index (κ3) is 3.06. The van der Waals surface area contributed by atoms with Gasteiger partial charge in [-0.25, -0.2) is 0 Å². The molecule has 6 nitrogen and oxygen atoms in total. The molecule has 0 N–H and O–H groups in total. The molecule has 0 bridgehead atoms. The Morgan fingerprint density at radius 2 is 1.91 bits per heavy atom. The van der Waals surface area contributed by atoms with Crippen LogP contribution in [0.3, 0.4) is 0 Å². The second-order valence-corrected chi connectivity index (χ2v) is 6.88. The van der Waals surface area contributed by atoms with Crippen LogP contribution in [0.2, 0.25) is 0 Å². The zero-order chi connectivity index (χ0) is 16.6. The van der Waals surface area contributed by atoms with E-state index in [-0.39, 0.29) is 28.8 Å². The number of hydrogen-bond donors (Lipinski definition) is 0. The molecular formula is C16H19N3O3S. The monoisotopic (exact) mass is 333 g/mol. The van der Waals surface area contributed by atoms with E-state index in [1.165, 1.54) is 4.90 Å². The second-order valence-electron chi connectivity index (χ2n) is 5.95. The summed E-state index contributed by atoms with van der Waals surface area (Å²) in [7, 11) is 3.90. The first-order chi connectivity index (χ1) is 11.0. The van der Waals surface area contributed by atoms with Crippen LogP contribution in [0.1, 0.15) is 16.8 Å². The summed E-state index contributed by atoms with van der Waals surface area (Å²) in [6.07, 6.45) is 0.652. The van der Waals surface area contributed by atoms with Crippen molar-refractivity contribution in [2.75, 3.05) is 37.8 Å². The lowest BCUT2D eigenvalue weighted by Gasteiger charge is -2.22. The van der Waals surface area contributed by atoms with Gasteiger partial charge in [0.1, 0.15) is 0 Å². The number of benzene rings is 1. The summed E-state index contributed by atoms with van der Waals surface area (Å²) in [5, 5.41) is -0.190. The average molecular weight is 333 g/mol. The number of carbonyl (C=O) groups is 3. The van der Waals surface area contributed by atoms with Gasteiger partial charge in [0.05, 0.1) is 11.8 Å². The lowest BCUT2D eigenvalue weighted by Crippen LogP contribution is -2.41. The van der Waals surface area contributed by atoms with E-state index >= 15 is 0 Å². The van der Waals surface area contributed by atoms with Crippen molar-refractivity contribution in [2.45, 2.75) is 12.5 Å². The molecule has 0 aromatic heterocycles. The number of nitrogens with zero attached hydrogens (tertiary/aromatic N) is 3. The van der Waals surface area contributed by atoms with E-state index < -0.39 is 0 Å².